The summed E-state index contributed by atoms with van der Waals surface area (Å²) in [6.45, 7) is 3.86. The minimum absolute atomic E-state index is 0.221. The van der Waals surface area contributed by atoms with Crippen molar-refractivity contribution in [1.82, 2.24) is 35.0 Å². The first kappa shape index (κ1) is 23.0. The largest absolute Gasteiger partial charge is 0.491 e. The number of aromatic amines is 2. The number of fused-ring (bicyclic) bond motifs is 2. The number of hydrogen-bond donors (Lipinski definition) is 2. The van der Waals surface area contributed by atoms with Crippen molar-refractivity contribution in [2.24, 2.45) is 0 Å². The van der Waals surface area contributed by atoms with Gasteiger partial charge in [-0.15, -0.1) is 11.3 Å². The zero-order valence-corrected chi connectivity index (χ0v) is 21.3. The standard InChI is InChI=1S/C28H24FN7OS/c29-25-7-6-24(38-25)19-4-3-5-21-26(19)33-28(32-21)27-20-13-22(31-16-23(20)34-35-27)17-12-18(15-30-14-17)37-11-10-36-8-1-2-9-36/h3-7,12-16H,1-2,8-11H2,(H,32,33)(H,34,35). The molecule has 10 heteroatoms. The molecule has 6 aromatic rings. The van der Waals surface area contributed by atoms with Crippen LogP contribution in [0.15, 0.2) is 61.1 Å². The molecule has 0 radical (unpaired) electrons. The quantitative estimate of drug-likeness (QED) is 0.269. The Morgan fingerprint density at radius 3 is 2.82 bits per heavy atom. The Morgan fingerprint density at radius 1 is 1.03 bits per heavy atom. The van der Waals surface area contributed by atoms with E-state index in [9.17, 15) is 4.39 Å². The molecule has 0 spiro atoms. The fourth-order valence-corrected chi connectivity index (χ4v) is 5.75. The van der Waals surface area contributed by atoms with Crippen molar-refractivity contribution in [1.29, 1.82) is 0 Å². The number of likely N-dealkylation sites (tertiary alicyclic amines) is 1. The lowest BCUT2D eigenvalue weighted by molar-refractivity contribution is 0.237. The molecule has 2 N–H and O–H groups in total. The topological polar surface area (TPSA) is 95.6 Å². The van der Waals surface area contributed by atoms with Crippen molar-refractivity contribution in [3.8, 4) is 39.0 Å². The number of hydrogen-bond acceptors (Lipinski definition) is 7. The van der Waals surface area contributed by atoms with E-state index in [2.05, 4.69) is 30.0 Å². The van der Waals surface area contributed by atoms with E-state index in [1.807, 2.05) is 30.3 Å². The molecule has 1 aliphatic rings. The average Bonchev–Trinajstić information content (AvgIpc) is 3.74. The summed E-state index contributed by atoms with van der Waals surface area (Å²) in [7, 11) is 0. The number of halogens is 1. The van der Waals surface area contributed by atoms with Crippen LogP contribution in [-0.2, 0) is 0 Å². The molecular formula is C28H24FN7OS. The van der Waals surface area contributed by atoms with E-state index in [0.29, 0.717) is 18.1 Å². The Kier molecular flexibility index (Phi) is 5.82. The van der Waals surface area contributed by atoms with Crippen LogP contribution in [-0.4, -0.2) is 61.3 Å². The molecule has 0 atom stereocenters. The van der Waals surface area contributed by atoms with Gasteiger partial charge in [0.25, 0.3) is 0 Å². The number of pyridine rings is 2. The van der Waals surface area contributed by atoms with Crippen molar-refractivity contribution in [3.05, 3.63) is 66.2 Å². The van der Waals surface area contributed by atoms with Gasteiger partial charge in [-0.1, -0.05) is 12.1 Å². The minimum Gasteiger partial charge on any atom is -0.491 e. The monoisotopic (exact) mass is 525 g/mol. The molecule has 8 nitrogen and oxygen atoms in total. The summed E-state index contributed by atoms with van der Waals surface area (Å²) in [5, 5.41) is 8.26. The number of aromatic nitrogens is 6. The fourth-order valence-electron chi connectivity index (χ4n) is 4.99. The average molecular weight is 526 g/mol. The third-order valence-electron chi connectivity index (χ3n) is 6.91. The first-order valence-electron chi connectivity index (χ1n) is 12.6. The maximum Gasteiger partial charge on any atom is 0.176 e. The van der Waals surface area contributed by atoms with E-state index in [4.69, 9.17) is 9.72 Å². The van der Waals surface area contributed by atoms with Crippen LogP contribution in [0, 0.1) is 5.13 Å². The third kappa shape index (κ3) is 4.31. The molecule has 38 heavy (non-hydrogen) atoms. The van der Waals surface area contributed by atoms with Crippen molar-refractivity contribution in [3.63, 3.8) is 0 Å². The molecule has 6 heterocycles. The lowest BCUT2D eigenvalue weighted by Gasteiger charge is -2.15. The summed E-state index contributed by atoms with van der Waals surface area (Å²) < 4.78 is 19.7. The number of benzene rings is 1. The van der Waals surface area contributed by atoms with Crippen LogP contribution >= 0.6 is 11.3 Å². The van der Waals surface area contributed by atoms with E-state index in [0.717, 1.165) is 80.4 Å². The molecule has 5 aromatic heterocycles. The molecule has 0 bridgehead atoms. The predicted octanol–water partition coefficient (Wildman–Crippen LogP) is 5.91. The van der Waals surface area contributed by atoms with Gasteiger partial charge in [0.05, 0.1) is 34.6 Å². The van der Waals surface area contributed by atoms with Gasteiger partial charge < -0.3 is 9.72 Å². The van der Waals surface area contributed by atoms with Crippen molar-refractivity contribution >= 4 is 33.3 Å². The van der Waals surface area contributed by atoms with Gasteiger partial charge in [-0.2, -0.15) is 9.49 Å². The summed E-state index contributed by atoms with van der Waals surface area (Å²) in [6, 6.07) is 13.1. The predicted molar refractivity (Wildman–Crippen MR) is 147 cm³/mol. The number of H-pyrrole nitrogens is 2. The van der Waals surface area contributed by atoms with Gasteiger partial charge in [0.1, 0.15) is 18.1 Å². The zero-order chi connectivity index (χ0) is 25.5. The van der Waals surface area contributed by atoms with Gasteiger partial charge in [0.15, 0.2) is 11.0 Å². The summed E-state index contributed by atoms with van der Waals surface area (Å²) in [4.78, 5) is 20.5. The zero-order valence-electron chi connectivity index (χ0n) is 20.4. The molecule has 1 fully saturated rings. The maximum absolute atomic E-state index is 13.7. The second-order valence-electron chi connectivity index (χ2n) is 9.38. The smallest absolute Gasteiger partial charge is 0.176 e. The van der Waals surface area contributed by atoms with Gasteiger partial charge >= 0.3 is 0 Å². The van der Waals surface area contributed by atoms with Crippen molar-refractivity contribution < 1.29 is 9.13 Å². The summed E-state index contributed by atoms with van der Waals surface area (Å²) in [5.41, 5.74) is 5.64. The number of ether oxygens (including phenoxy) is 1. The first-order chi connectivity index (χ1) is 18.7. The molecule has 0 unspecified atom stereocenters. The molecule has 7 rings (SSSR count). The van der Waals surface area contributed by atoms with E-state index < -0.39 is 0 Å². The Balaban J connectivity index is 1.20. The Hall–Kier alpha value is -4.15. The maximum atomic E-state index is 13.7. The van der Waals surface area contributed by atoms with Crippen LogP contribution in [0.3, 0.4) is 0 Å². The number of nitrogens with zero attached hydrogens (tertiary/aromatic N) is 5. The fraction of sp³-hybridized carbons (Fsp3) is 0.214. The van der Waals surface area contributed by atoms with Crippen LogP contribution in [0.2, 0.25) is 0 Å². The van der Waals surface area contributed by atoms with Crippen molar-refractivity contribution in [2.75, 3.05) is 26.2 Å². The number of para-hydroxylation sites is 1. The number of imidazole rings is 1. The van der Waals surface area contributed by atoms with E-state index in [1.165, 1.54) is 18.9 Å². The van der Waals surface area contributed by atoms with Gasteiger partial charge in [-0.25, -0.2) is 4.98 Å². The van der Waals surface area contributed by atoms with Gasteiger partial charge in [-0.3, -0.25) is 20.0 Å². The molecule has 0 aliphatic carbocycles. The van der Waals surface area contributed by atoms with Crippen LogP contribution in [0.25, 0.3) is 55.2 Å². The highest BCUT2D eigenvalue weighted by Gasteiger charge is 2.17. The molecule has 1 aromatic carbocycles. The minimum atomic E-state index is -0.221. The van der Waals surface area contributed by atoms with Gasteiger partial charge in [0.2, 0.25) is 0 Å². The Bertz CT molecular complexity index is 1750. The van der Waals surface area contributed by atoms with Crippen LogP contribution in [0.4, 0.5) is 4.39 Å². The van der Waals surface area contributed by atoms with E-state index in [1.54, 1.807) is 24.7 Å². The van der Waals surface area contributed by atoms with Crippen LogP contribution in [0.1, 0.15) is 12.8 Å². The number of nitrogens with one attached hydrogen (secondary N) is 2. The summed E-state index contributed by atoms with van der Waals surface area (Å²) in [6.07, 6.45) is 7.83. The molecule has 0 saturated carbocycles. The summed E-state index contributed by atoms with van der Waals surface area (Å²) in [5.74, 6) is 1.36. The summed E-state index contributed by atoms with van der Waals surface area (Å²) >= 11 is 1.11. The highest BCUT2D eigenvalue weighted by molar-refractivity contribution is 7.14. The second kappa shape index (κ2) is 9.62. The molecule has 1 aliphatic heterocycles. The molecular weight excluding hydrogens is 501 g/mol. The third-order valence-corrected chi connectivity index (χ3v) is 7.81. The normalized spacial score (nSPS) is 14.1. The SMILES string of the molecule is Fc1ccc(-c2cccc3[nH]c(-c4n[nH]c5cnc(-c6cncc(OCCN7CCCC7)c6)cc45)nc23)s1. The lowest BCUT2D eigenvalue weighted by Crippen LogP contribution is -2.25. The van der Waals surface area contributed by atoms with Crippen LogP contribution < -0.4 is 4.74 Å². The Labute approximate surface area is 221 Å². The van der Waals surface area contributed by atoms with Crippen molar-refractivity contribution in [2.45, 2.75) is 12.8 Å². The molecule has 190 valence electrons. The highest BCUT2D eigenvalue weighted by atomic mass is 32.1. The number of thiophene rings is 1. The van der Waals surface area contributed by atoms with E-state index >= 15 is 0 Å². The lowest BCUT2D eigenvalue weighted by atomic mass is 10.1. The first-order valence-corrected chi connectivity index (χ1v) is 13.4. The molecule has 1 saturated heterocycles. The van der Waals surface area contributed by atoms with E-state index in [-0.39, 0.29) is 5.13 Å². The second-order valence-corrected chi connectivity index (χ2v) is 10.4. The van der Waals surface area contributed by atoms with Gasteiger partial charge in [-0.05, 0) is 56.3 Å². The van der Waals surface area contributed by atoms with Crippen LogP contribution in [0.5, 0.6) is 5.75 Å². The highest BCUT2D eigenvalue weighted by Crippen LogP contribution is 2.35. The Morgan fingerprint density at radius 2 is 1.95 bits per heavy atom. The number of rotatable bonds is 7. The van der Waals surface area contributed by atoms with Gasteiger partial charge in [0, 0.05) is 34.1 Å². The molecule has 0 amide bonds.